The number of rotatable bonds is 9. The molecule has 1 N–H and O–H groups in total. The topological polar surface area (TPSA) is 84.9 Å². The van der Waals surface area contributed by atoms with Gasteiger partial charge in [0.1, 0.15) is 16.4 Å². The number of nitrogens with zero attached hydrogens (tertiary/aromatic N) is 1. The molecule has 0 bridgehead atoms. The maximum Gasteiger partial charge on any atom is 0.260 e. The smallest absolute Gasteiger partial charge is 0.260 e. The lowest BCUT2D eigenvalue weighted by Crippen LogP contribution is -2.43. The summed E-state index contributed by atoms with van der Waals surface area (Å²) in [5.41, 5.74) is 0.936. The molecular formula is C23H30N2O5S. The van der Waals surface area contributed by atoms with Gasteiger partial charge in [-0.05, 0) is 55.0 Å². The zero-order valence-electron chi connectivity index (χ0n) is 18.0. The fraction of sp³-hybridized carbons (Fsp3) is 0.435. The summed E-state index contributed by atoms with van der Waals surface area (Å²) in [6.45, 7) is 3.51. The molecule has 2 aromatic rings. The van der Waals surface area contributed by atoms with E-state index in [1.54, 1.807) is 17.0 Å². The first-order chi connectivity index (χ1) is 14.9. The third-order valence-electron chi connectivity index (χ3n) is 5.56. The van der Waals surface area contributed by atoms with E-state index >= 15 is 0 Å². The van der Waals surface area contributed by atoms with Gasteiger partial charge in [0.2, 0.25) is 10.0 Å². The van der Waals surface area contributed by atoms with Crippen LogP contribution in [0.1, 0.15) is 25.3 Å². The van der Waals surface area contributed by atoms with E-state index in [4.69, 9.17) is 9.47 Å². The quantitative estimate of drug-likeness (QED) is 0.640. The lowest BCUT2D eigenvalue weighted by atomic mass is 9.97. The van der Waals surface area contributed by atoms with Crippen molar-refractivity contribution in [1.29, 1.82) is 0 Å². The highest BCUT2D eigenvalue weighted by Gasteiger charge is 2.26. The Hall–Kier alpha value is -2.58. The Balaban J connectivity index is 1.49. The van der Waals surface area contributed by atoms with Gasteiger partial charge in [-0.1, -0.05) is 31.2 Å². The molecule has 1 fully saturated rings. The first-order valence-corrected chi connectivity index (χ1v) is 12.0. The largest absolute Gasteiger partial charge is 0.495 e. The van der Waals surface area contributed by atoms with Crippen molar-refractivity contribution in [1.82, 2.24) is 9.62 Å². The van der Waals surface area contributed by atoms with Crippen LogP contribution < -0.4 is 14.2 Å². The zero-order chi connectivity index (χ0) is 22.3. The number of hydrogen-bond donors (Lipinski definition) is 1. The molecule has 0 spiro atoms. The number of para-hydroxylation sites is 1. The number of ether oxygens (including phenoxy) is 2. The maximum atomic E-state index is 12.8. The van der Waals surface area contributed by atoms with Crippen LogP contribution in [0.4, 0.5) is 0 Å². The van der Waals surface area contributed by atoms with Gasteiger partial charge in [0.25, 0.3) is 5.91 Å². The van der Waals surface area contributed by atoms with E-state index in [0.29, 0.717) is 31.1 Å². The number of benzene rings is 2. The lowest BCUT2D eigenvalue weighted by molar-refractivity contribution is -0.134. The average Bonchev–Trinajstić information content (AvgIpc) is 2.81. The molecule has 0 radical (unpaired) electrons. The molecule has 7 nitrogen and oxygen atoms in total. The first kappa shape index (κ1) is 23.1. The molecule has 2 aromatic carbocycles. The van der Waals surface area contributed by atoms with E-state index in [1.165, 1.54) is 7.11 Å². The maximum absolute atomic E-state index is 12.8. The van der Waals surface area contributed by atoms with Gasteiger partial charge in [0, 0.05) is 19.6 Å². The van der Waals surface area contributed by atoms with Crippen LogP contribution in [0.15, 0.2) is 53.4 Å². The Labute approximate surface area is 184 Å². The van der Waals surface area contributed by atoms with E-state index < -0.39 is 10.0 Å². The lowest BCUT2D eigenvalue weighted by Gasteiger charge is -2.32. The molecule has 1 heterocycles. The normalized spacial score (nSPS) is 15.0. The molecule has 8 heteroatoms. The van der Waals surface area contributed by atoms with Gasteiger partial charge in [-0.15, -0.1) is 0 Å². The monoisotopic (exact) mass is 446 g/mol. The van der Waals surface area contributed by atoms with Crippen molar-refractivity contribution in [3.05, 3.63) is 54.1 Å². The standard InChI is InChI=1S/C23H30N2O5S/c1-3-18-9-10-21(29-2)22(15-18)31(27,28)24-16-19-11-13-25(14-12-19)23(26)17-30-20-7-5-4-6-8-20/h4-10,15,19,24H,3,11-14,16-17H2,1-2H3. The predicted molar refractivity (Wildman–Crippen MR) is 119 cm³/mol. The first-order valence-electron chi connectivity index (χ1n) is 10.5. The molecule has 0 aromatic heterocycles. The minimum Gasteiger partial charge on any atom is -0.495 e. The van der Waals surface area contributed by atoms with Crippen LogP contribution in [0.2, 0.25) is 0 Å². The highest BCUT2D eigenvalue weighted by Crippen LogP contribution is 2.26. The second-order valence-electron chi connectivity index (χ2n) is 7.62. The molecule has 31 heavy (non-hydrogen) atoms. The molecule has 0 unspecified atom stereocenters. The van der Waals surface area contributed by atoms with Crippen molar-refractivity contribution in [3.63, 3.8) is 0 Å². The summed E-state index contributed by atoms with van der Waals surface area (Å²) in [6, 6.07) is 14.5. The Morgan fingerprint density at radius 2 is 1.84 bits per heavy atom. The number of piperidine rings is 1. The number of carbonyl (C=O) groups excluding carboxylic acids is 1. The van der Waals surface area contributed by atoms with E-state index in [1.807, 2.05) is 43.3 Å². The molecule has 3 rings (SSSR count). The molecule has 1 saturated heterocycles. The number of nitrogens with one attached hydrogen (secondary N) is 1. The van der Waals surface area contributed by atoms with Crippen molar-refractivity contribution in [3.8, 4) is 11.5 Å². The van der Waals surface area contributed by atoms with Crippen LogP contribution in [0.25, 0.3) is 0 Å². The fourth-order valence-electron chi connectivity index (χ4n) is 3.60. The van der Waals surface area contributed by atoms with Crippen molar-refractivity contribution in [2.24, 2.45) is 5.92 Å². The fourth-order valence-corrected chi connectivity index (χ4v) is 4.93. The zero-order valence-corrected chi connectivity index (χ0v) is 18.9. The molecule has 0 aliphatic carbocycles. The van der Waals surface area contributed by atoms with Crippen LogP contribution in [-0.2, 0) is 21.2 Å². The number of methoxy groups -OCH3 is 1. The van der Waals surface area contributed by atoms with Crippen LogP contribution in [0, 0.1) is 5.92 Å². The second-order valence-corrected chi connectivity index (χ2v) is 9.35. The van der Waals surface area contributed by atoms with E-state index in [2.05, 4.69) is 4.72 Å². The van der Waals surface area contributed by atoms with Gasteiger partial charge in [-0.2, -0.15) is 0 Å². The summed E-state index contributed by atoms with van der Waals surface area (Å²) in [6.07, 6.45) is 2.23. The van der Waals surface area contributed by atoms with Crippen LogP contribution >= 0.6 is 0 Å². The second kappa shape index (κ2) is 10.6. The Bertz CT molecular complexity index is 971. The van der Waals surface area contributed by atoms with E-state index in [0.717, 1.165) is 24.8 Å². The van der Waals surface area contributed by atoms with Crippen molar-refractivity contribution < 1.29 is 22.7 Å². The minimum atomic E-state index is -3.68. The van der Waals surface area contributed by atoms with Gasteiger partial charge in [0.05, 0.1) is 7.11 Å². The van der Waals surface area contributed by atoms with Gasteiger partial charge in [0.15, 0.2) is 6.61 Å². The summed E-state index contributed by atoms with van der Waals surface area (Å²) in [5.74, 6) is 1.13. The molecule has 1 amide bonds. The number of amides is 1. The summed E-state index contributed by atoms with van der Waals surface area (Å²) in [4.78, 5) is 14.3. The highest BCUT2D eigenvalue weighted by atomic mass is 32.2. The Kier molecular flexibility index (Phi) is 7.92. The molecule has 1 aliphatic heterocycles. The van der Waals surface area contributed by atoms with Crippen molar-refractivity contribution in [2.45, 2.75) is 31.1 Å². The van der Waals surface area contributed by atoms with Crippen LogP contribution in [0.5, 0.6) is 11.5 Å². The number of sulfonamides is 1. The third-order valence-corrected chi connectivity index (χ3v) is 7.01. The Morgan fingerprint density at radius 1 is 1.13 bits per heavy atom. The molecular weight excluding hydrogens is 416 g/mol. The molecule has 0 atom stereocenters. The van der Waals surface area contributed by atoms with Crippen molar-refractivity contribution >= 4 is 15.9 Å². The number of hydrogen-bond acceptors (Lipinski definition) is 5. The van der Waals surface area contributed by atoms with Crippen LogP contribution in [-0.4, -0.2) is 52.6 Å². The molecule has 168 valence electrons. The Morgan fingerprint density at radius 3 is 2.48 bits per heavy atom. The number of carbonyl (C=O) groups is 1. The van der Waals surface area contributed by atoms with Gasteiger partial charge < -0.3 is 14.4 Å². The van der Waals surface area contributed by atoms with Gasteiger partial charge in [-0.3, -0.25) is 4.79 Å². The highest BCUT2D eigenvalue weighted by molar-refractivity contribution is 7.89. The molecule has 0 saturated carbocycles. The summed E-state index contributed by atoms with van der Waals surface area (Å²) in [5, 5.41) is 0. The minimum absolute atomic E-state index is 0.00880. The van der Waals surface area contributed by atoms with Crippen LogP contribution in [0.3, 0.4) is 0 Å². The van der Waals surface area contributed by atoms with E-state index in [-0.39, 0.29) is 23.3 Å². The number of aryl methyl sites for hydroxylation is 1. The van der Waals surface area contributed by atoms with Crippen molar-refractivity contribution in [2.75, 3.05) is 33.4 Å². The molecule has 1 aliphatic rings. The summed E-state index contributed by atoms with van der Waals surface area (Å²) < 4.78 is 39.2. The predicted octanol–water partition coefficient (Wildman–Crippen LogP) is 2.85. The summed E-state index contributed by atoms with van der Waals surface area (Å²) >= 11 is 0. The van der Waals surface area contributed by atoms with Gasteiger partial charge in [-0.25, -0.2) is 13.1 Å². The SMILES string of the molecule is CCc1ccc(OC)c(S(=O)(=O)NCC2CCN(C(=O)COc3ccccc3)CC2)c1. The number of likely N-dealkylation sites (tertiary alicyclic amines) is 1. The average molecular weight is 447 g/mol. The third kappa shape index (κ3) is 6.21. The van der Waals surface area contributed by atoms with E-state index in [9.17, 15) is 13.2 Å². The summed E-state index contributed by atoms with van der Waals surface area (Å²) in [7, 11) is -2.21. The van der Waals surface area contributed by atoms with Gasteiger partial charge >= 0.3 is 0 Å².